The van der Waals surface area contributed by atoms with Gasteiger partial charge in [0.15, 0.2) is 11.5 Å². The van der Waals surface area contributed by atoms with Crippen LogP contribution in [0.25, 0.3) is 0 Å². The van der Waals surface area contributed by atoms with Crippen LogP contribution in [-0.4, -0.2) is 25.8 Å². The van der Waals surface area contributed by atoms with Gasteiger partial charge >= 0.3 is 0 Å². The number of ether oxygens (including phenoxy) is 2. The van der Waals surface area contributed by atoms with Gasteiger partial charge in [0.1, 0.15) is 6.61 Å². The molecule has 3 aromatic carbocycles. The molecule has 0 heterocycles. The van der Waals surface area contributed by atoms with Crippen LogP contribution in [0.3, 0.4) is 0 Å². The van der Waals surface area contributed by atoms with Gasteiger partial charge in [0.25, 0.3) is 5.91 Å². The van der Waals surface area contributed by atoms with Gasteiger partial charge in [-0.2, -0.15) is 5.10 Å². The Bertz CT molecular complexity index is 1040. The van der Waals surface area contributed by atoms with Gasteiger partial charge in [-0.1, -0.05) is 44.0 Å². The topological polar surface area (TPSA) is 72.0 Å². The summed E-state index contributed by atoms with van der Waals surface area (Å²) >= 11 is 6.79. The van der Waals surface area contributed by atoms with Gasteiger partial charge in [0, 0.05) is 14.6 Å². The fraction of sp³-hybridized carbons (Fsp3) is 0.130. The smallest absolute Gasteiger partial charge is 0.259 e. The SMILES string of the molecule is COc1cc(/C=N\NC(=O)CNc2ccc(Br)cc2)ccc1OCc1ccc(Br)cc1. The standard InChI is InChI=1S/C23H21Br2N3O3/c1-30-22-12-17(4-11-21(22)31-15-16-2-5-18(24)6-3-16)13-27-28-23(29)14-26-20-9-7-19(25)8-10-20/h2-13,26H,14-15H2,1H3,(H,28,29)/b27-13-. The van der Waals surface area contributed by atoms with Crippen molar-refractivity contribution in [2.24, 2.45) is 5.10 Å². The summed E-state index contributed by atoms with van der Waals surface area (Å²) in [5.74, 6) is 0.968. The summed E-state index contributed by atoms with van der Waals surface area (Å²) in [6.07, 6.45) is 1.55. The average molecular weight is 547 g/mol. The number of hydrogen-bond donors (Lipinski definition) is 2. The number of halogens is 2. The number of carbonyl (C=O) groups is 1. The van der Waals surface area contributed by atoms with E-state index >= 15 is 0 Å². The van der Waals surface area contributed by atoms with Crippen LogP contribution in [0.2, 0.25) is 0 Å². The number of amides is 1. The molecule has 0 unspecified atom stereocenters. The van der Waals surface area contributed by atoms with Crippen LogP contribution in [0, 0.1) is 0 Å². The second-order valence-corrected chi connectivity index (χ2v) is 8.31. The lowest BCUT2D eigenvalue weighted by atomic mass is 10.2. The van der Waals surface area contributed by atoms with Crippen molar-refractivity contribution in [3.05, 3.63) is 86.8 Å². The predicted molar refractivity (Wildman–Crippen MR) is 130 cm³/mol. The van der Waals surface area contributed by atoms with Crippen molar-refractivity contribution in [3.63, 3.8) is 0 Å². The Kier molecular flexibility index (Phi) is 8.49. The quantitative estimate of drug-likeness (QED) is 0.280. The molecule has 0 aliphatic carbocycles. The number of nitrogens with zero attached hydrogens (tertiary/aromatic N) is 1. The van der Waals surface area contributed by atoms with Gasteiger partial charge in [0.2, 0.25) is 0 Å². The molecule has 1 amide bonds. The number of anilines is 1. The summed E-state index contributed by atoms with van der Waals surface area (Å²) in [5, 5.41) is 7.03. The maximum Gasteiger partial charge on any atom is 0.259 e. The molecule has 0 saturated carbocycles. The van der Waals surface area contributed by atoms with Gasteiger partial charge in [-0.15, -0.1) is 0 Å². The first-order chi connectivity index (χ1) is 15.0. The van der Waals surface area contributed by atoms with E-state index in [2.05, 4.69) is 47.7 Å². The number of hydrogen-bond acceptors (Lipinski definition) is 5. The second-order valence-electron chi connectivity index (χ2n) is 6.48. The highest BCUT2D eigenvalue weighted by Gasteiger charge is 2.06. The summed E-state index contributed by atoms with van der Waals surface area (Å²) < 4.78 is 13.3. The van der Waals surface area contributed by atoms with E-state index in [1.54, 1.807) is 19.4 Å². The van der Waals surface area contributed by atoms with Crippen LogP contribution in [0.15, 0.2) is 80.8 Å². The molecule has 0 bridgehead atoms. The minimum absolute atomic E-state index is 0.116. The van der Waals surface area contributed by atoms with Crippen LogP contribution in [0.5, 0.6) is 11.5 Å². The Hall–Kier alpha value is -2.84. The number of carbonyl (C=O) groups excluding carboxylic acids is 1. The van der Waals surface area contributed by atoms with E-state index in [0.717, 1.165) is 25.8 Å². The molecule has 0 aliphatic rings. The van der Waals surface area contributed by atoms with Gasteiger partial charge in [-0.05, 0) is 65.7 Å². The molecule has 3 aromatic rings. The summed E-state index contributed by atoms with van der Waals surface area (Å²) in [6, 6.07) is 20.9. The molecule has 2 N–H and O–H groups in total. The summed E-state index contributed by atoms with van der Waals surface area (Å²) in [4.78, 5) is 11.9. The van der Waals surface area contributed by atoms with Gasteiger partial charge in [-0.3, -0.25) is 4.79 Å². The highest BCUT2D eigenvalue weighted by molar-refractivity contribution is 9.10. The first-order valence-electron chi connectivity index (χ1n) is 9.40. The second kappa shape index (κ2) is 11.5. The highest BCUT2D eigenvalue weighted by Crippen LogP contribution is 2.28. The number of methoxy groups -OCH3 is 1. The number of benzene rings is 3. The lowest BCUT2D eigenvalue weighted by Gasteiger charge is -2.11. The van der Waals surface area contributed by atoms with E-state index in [4.69, 9.17) is 9.47 Å². The van der Waals surface area contributed by atoms with Crippen LogP contribution < -0.4 is 20.2 Å². The van der Waals surface area contributed by atoms with Crippen molar-refractivity contribution < 1.29 is 14.3 Å². The van der Waals surface area contributed by atoms with E-state index in [-0.39, 0.29) is 12.5 Å². The molecule has 0 aliphatic heterocycles. The maximum atomic E-state index is 11.9. The molecule has 0 fully saturated rings. The molecule has 0 saturated heterocycles. The van der Waals surface area contributed by atoms with Gasteiger partial charge in [-0.25, -0.2) is 5.43 Å². The molecule has 0 spiro atoms. The molecule has 3 rings (SSSR count). The Balaban J connectivity index is 1.51. The van der Waals surface area contributed by atoms with Crippen LogP contribution in [0.1, 0.15) is 11.1 Å². The van der Waals surface area contributed by atoms with Crippen molar-refractivity contribution in [3.8, 4) is 11.5 Å². The molecule has 0 atom stereocenters. The fourth-order valence-electron chi connectivity index (χ4n) is 2.59. The molecule has 160 valence electrons. The number of hydrazone groups is 1. The minimum atomic E-state index is -0.249. The van der Waals surface area contributed by atoms with E-state index in [1.807, 2.05) is 60.7 Å². The third-order valence-electron chi connectivity index (χ3n) is 4.20. The lowest BCUT2D eigenvalue weighted by Crippen LogP contribution is -2.25. The van der Waals surface area contributed by atoms with Crippen molar-refractivity contribution in [2.45, 2.75) is 6.61 Å². The maximum absolute atomic E-state index is 11.9. The van der Waals surface area contributed by atoms with Crippen molar-refractivity contribution in [1.82, 2.24) is 5.43 Å². The zero-order valence-electron chi connectivity index (χ0n) is 16.8. The Morgan fingerprint density at radius 1 is 0.968 bits per heavy atom. The summed E-state index contributed by atoms with van der Waals surface area (Å²) in [5.41, 5.74) is 5.17. The van der Waals surface area contributed by atoms with Crippen LogP contribution in [0.4, 0.5) is 5.69 Å². The van der Waals surface area contributed by atoms with Crippen molar-refractivity contribution >= 4 is 49.7 Å². The third kappa shape index (κ3) is 7.41. The Labute approximate surface area is 197 Å². The van der Waals surface area contributed by atoms with E-state index in [0.29, 0.717) is 18.1 Å². The molecule has 0 radical (unpaired) electrons. The third-order valence-corrected chi connectivity index (χ3v) is 5.25. The minimum Gasteiger partial charge on any atom is -0.493 e. The number of rotatable bonds is 9. The molecular weight excluding hydrogens is 526 g/mol. The van der Waals surface area contributed by atoms with Gasteiger partial charge in [0.05, 0.1) is 19.9 Å². The van der Waals surface area contributed by atoms with E-state index in [9.17, 15) is 4.79 Å². The average Bonchev–Trinajstić information content (AvgIpc) is 2.78. The molecule has 31 heavy (non-hydrogen) atoms. The largest absolute Gasteiger partial charge is 0.493 e. The van der Waals surface area contributed by atoms with E-state index < -0.39 is 0 Å². The predicted octanol–water partition coefficient (Wildman–Crippen LogP) is 5.36. The summed E-state index contributed by atoms with van der Waals surface area (Å²) in [7, 11) is 1.58. The molecular formula is C23H21Br2N3O3. The first kappa shape index (κ1) is 22.8. The van der Waals surface area contributed by atoms with Crippen LogP contribution >= 0.6 is 31.9 Å². The Morgan fingerprint density at radius 3 is 2.32 bits per heavy atom. The Morgan fingerprint density at radius 2 is 1.65 bits per heavy atom. The monoisotopic (exact) mass is 545 g/mol. The van der Waals surface area contributed by atoms with Crippen molar-refractivity contribution in [2.75, 3.05) is 19.0 Å². The van der Waals surface area contributed by atoms with Gasteiger partial charge < -0.3 is 14.8 Å². The number of nitrogens with one attached hydrogen (secondary N) is 2. The molecule has 8 heteroatoms. The zero-order chi connectivity index (χ0) is 22.1. The molecule has 0 aromatic heterocycles. The zero-order valence-corrected chi connectivity index (χ0v) is 19.9. The first-order valence-corrected chi connectivity index (χ1v) is 11.0. The molecule has 6 nitrogen and oxygen atoms in total. The highest BCUT2D eigenvalue weighted by atomic mass is 79.9. The fourth-order valence-corrected chi connectivity index (χ4v) is 3.12. The van der Waals surface area contributed by atoms with E-state index in [1.165, 1.54) is 0 Å². The van der Waals surface area contributed by atoms with Crippen molar-refractivity contribution in [1.29, 1.82) is 0 Å². The lowest BCUT2D eigenvalue weighted by molar-refractivity contribution is -0.119. The summed E-state index contributed by atoms with van der Waals surface area (Å²) in [6.45, 7) is 0.545. The van der Waals surface area contributed by atoms with Crippen LogP contribution in [-0.2, 0) is 11.4 Å². The normalized spacial score (nSPS) is 10.7.